The number of H-pyrrole nitrogens is 1. The summed E-state index contributed by atoms with van der Waals surface area (Å²) in [5, 5.41) is 16.6. The van der Waals surface area contributed by atoms with Gasteiger partial charge in [0.15, 0.2) is 0 Å². The van der Waals surface area contributed by atoms with Crippen LogP contribution >= 0.6 is 0 Å². The zero-order valence-corrected chi connectivity index (χ0v) is 17.1. The number of fused-ring (bicyclic) bond motifs is 3. The third-order valence-corrected chi connectivity index (χ3v) is 7.36. The van der Waals surface area contributed by atoms with E-state index in [0.29, 0.717) is 11.3 Å². The SMILES string of the molecule is NS(=O)(=O)c1cccc(-c2n[nH]c3cc(C4C[C@@]45C(=O)Nc4ccccc45)ccc23)c1. The molecule has 1 aliphatic heterocycles. The smallest absolute Gasteiger partial charge is 0.238 e. The summed E-state index contributed by atoms with van der Waals surface area (Å²) in [7, 11) is -3.80. The van der Waals surface area contributed by atoms with Crippen LogP contribution in [0.25, 0.3) is 22.2 Å². The molecule has 1 saturated carbocycles. The lowest BCUT2D eigenvalue weighted by atomic mass is 9.91. The molecule has 1 fully saturated rings. The summed E-state index contributed by atoms with van der Waals surface area (Å²) in [5.41, 5.74) is 4.70. The molecular formula is C23H18N4O3S. The summed E-state index contributed by atoms with van der Waals surface area (Å²) >= 11 is 0. The summed E-state index contributed by atoms with van der Waals surface area (Å²) < 4.78 is 23.4. The molecule has 0 saturated heterocycles. The zero-order valence-electron chi connectivity index (χ0n) is 16.3. The number of anilines is 1. The first-order valence-corrected chi connectivity index (χ1v) is 11.4. The van der Waals surface area contributed by atoms with Crippen LogP contribution in [0, 0.1) is 0 Å². The summed E-state index contributed by atoms with van der Waals surface area (Å²) in [4.78, 5) is 12.8. The quantitative estimate of drug-likeness (QED) is 0.462. The highest BCUT2D eigenvalue weighted by molar-refractivity contribution is 7.89. The predicted molar refractivity (Wildman–Crippen MR) is 117 cm³/mol. The van der Waals surface area contributed by atoms with Gasteiger partial charge < -0.3 is 5.32 Å². The van der Waals surface area contributed by atoms with Crippen LogP contribution in [0.1, 0.15) is 23.5 Å². The number of carbonyl (C=O) groups is 1. The number of hydrogen-bond donors (Lipinski definition) is 3. The Hall–Kier alpha value is -3.49. The van der Waals surface area contributed by atoms with E-state index in [9.17, 15) is 13.2 Å². The van der Waals surface area contributed by atoms with E-state index >= 15 is 0 Å². The Labute approximate surface area is 178 Å². The third-order valence-electron chi connectivity index (χ3n) is 6.45. The van der Waals surface area contributed by atoms with Crippen molar-refractivity contribution in [3.8, 4) is 11.3 Å². The van der Waals surface area contributed by atoms with Crippen molar-refractivity contribution in [2.24, 2.45) is 5.14 Å². The first-order chi connectivity index (χ1) is 14.9. The summed E-state index contributed by atoms with van der Waals surface area (Å²) in [6, 6.07) is 20.3. The minimum Gasteiger partial charge on any atom is -0.325 e. The minimum absolute atomic E-state index is 0.0450. The van der Waals surface area contributed by atoms with Crippen LogP contribution < -0.4 is 10.5 Å². The largest absolute Gasteiger partial charge is 0.325 e. The van der Waals surface area contributed by atoms with Crippen LogP contribution in [0.15, 0.2) is 71.6 Å². The number of carbonyl (C=O) groups excluding carboxylic acids is 1. The number of aromatic amines is 1. The van der Waals surface area contributed by atoms with Gasteiger partial charge in [0.05, 0.1) is 21.5 Å². The normalized spacial score (nSPS) is 22.0. The fraction of sp³-hybridized carbons (Fsp3) is 0.130. The topological polar surface area (TPSA) is 118 Å². The molecule has 4 N–H and O–H groups in total. The lowest BCUT2D eigenvalue weighted by Gasteiger charge is -2.09. The lowest BCUT2D eigenvalue weighted by molar-refractivity contribution is -0.118. The number of benzene rings is 3. The highest BCUT2D eigenvalue weighted by Crippen LogP contribution is 2.65. The molecule has 31 heavy (non-hydrogen) atoms. The number of aromatic nitrogens is 2. The second-order valence-electron chi connectivity index (χ2n) is 8.18. The standard InChI is InChI=1S/C23H18N4O3S/c24-31(29,30)15-5-3-4-14(10-15)21-16-9-8-13(11-20(16)26-27-21)18-12-23(18)17-6-1-2-7-19(17)25-22(23)28/h1-11,18H,12H2,(H,25,28)(H,26,27)(H2,24,29,30)/t18?,23-/m0/s1. The first kappa shape index (κ1) is 18.3. The Morgan fingerprint density at radius 1 is 1.03 bits per heavy atom. The van der Waals surface area contributed by atoms with Crippen LogP contribution in [-0.2, 0) is 20.2 Å². The molecule has 0 bridgehead atoms. The van der Waals surface area contributed by atoms with E-state index in [1.54, 1.807) is 12.1 Å². The Kier molecular flexibility index (Phi) is 3.56. The molecule has 1 aromatic heterocycles. The van der Waals surface area contributed by atoms with Crippen LogP contribution in [0.2, 0.25) is 0 Å². The molecule has 4 aromatic rings. The average Bonchev–Trinajstić information content (AvgIpc) is 3.27. The van der Waals surface area contributed by atoms with Crippen molar-refractivity contribution < 1.29 is 13.2 Å². The molecule has 8 heteroatoms. The van der Waals surface area contributed by atoms with Crippen molar-refractivity contribution in [2.75, 3.05) is 5.32 Å². The maximum Gasteiger partial charge on any atom is 0.238 e. The maximum atomic E-state index is 12.8. The van der Waals surface area contributed by atoms with Gasteiger partial charge in [0.25, 0.3) is 0 Å². The lowest BCUT2D eigenvalue weighted by Crippen LogP contribution is -2.20. The average molecular weight is 430 g/mol. The van der Waals surface area contributed by atoms with Crippen LogP contribution in [0.3, 0.4) is 0 Å². The second kappa shape index (κ2) is 6.03. The van der Waals surface area contributed by atoms with E-state index in [0.717, 1.165) is 34.1 Å². The van der Waals surface area contributed by atoms with Crippen LogP contribution in [-0.4, -0.2) is 24.5 Å². The minimum atomic E-state index is -3.80. The monoisotopic (exact) mass is 430 g/mol. The number of nitrogens with zero attached hydrogens (tertiary/aromatic N) is 1. The Morgan fingerprint density at radius 2 is 1.87 bits per heavy atom. The van der Waals surface area contributed by atoms with Gasteiger partial charge in [-0.2, -0.15) is 5.10 Å². The molecule has 1 spiro atoms. The van der Waals surface area contributed by atoms with Gasteiger partial charge in [0.2, 0.25) is 15.9 Å². The van der Waals surface area contributed by atoms with Gasteiger partial charge in [-0.15, -0.1) is 0 Å². The second-order valence-corrected chi connectivity index (χ2v) is 9.74. The van der Waals surface area contributed by atoms with E-state index in [-0.39, 0.29) is 16.7 Å². The molecular weight excluding hydrogens is 412 g/mol. The van der Waals surface area contributed by atoms with Gasteiger partial charge in [0, 0.05) is 22.6 Å². The third kappa shape index (κ3) is 2.58. The molecule has 6 rings (SSSR count). The molecule has 0 radical (unpaired) electrons. The molecule has 7 nitrogen and oxygen atoms in total. The predicted octanol–water partition coefficient (Wildman–Crippen LogP) is 3.25. The summed E-state index contributed by atoms with van der Waals surface area (Å²) in [6.07, 6.45) is 0.777. The first-order valence-electron chi connectivity index (χ1n) is 9.90. The van der Waals surface area contributed by atoms with E-state index in [4.69, 9.17) is 5.14 Å². The van der Waals surface area contributed by atoms with Gasteiger partial charge in [-0.1, -0.05) is 42.5 Å². The van der Waals surface area contributed by atoms with E-state index < -0.39 is 15.4 Å². The van der Waals surface area contributed by atoms with Gasteiger partial charge >= 0.3 is 0 Å². The van der Waals surface area contributed by atoms with Crippen LogP contribution in [0.5, 0.6) is 0 Å². The van der Waals surface area contributed by atoms with Crippen molar-refractivity contribution in [3.63, 3.8) is 0 Å². The number of nitrogens with two attached hydrogens (primary N) is 1. The van der Waals surface area contributed by atoms with Crippen molar-refractivity contribution >= 4 is 32.5 Å². The number of hydrogen-bond acceptors (Lipinski definition) is 4. The Bertz CT molecular complexity index is 1510. The number of para-hydroxylation sites is 1. The molecule has 1 unspecified atom stereocenters. The Balaban J connectivity index is 1.39. The van der Waals surface area contributed by atoms with Crippen LogP contribution in [0.4, 0.5) is 5.69 Å². The highest BCUT2D eigenvalue weighted by Gasteiger charge is 2.65. The Morgan fingerprint density at radius 3 is 2.71 bits per heavy atom. The van der Waals surface area contributed by atoms with Crippen molar-refractivity contribution in [1.82, 2.24) is 10.2 Å². The number of amides is 1. The number of rotatable bonds is 3. The van der Waals surface area contributed by atoms with E-state index in [1.807, 2.05) is 42.5 Å². The number of primary sulfonamides is 1. The molecule has 1 amide bonds. The van der Waals surface area contributed by atoms with Gasteiger partial charge in [0.1, 0.15) is 0 Å². The molecule has 2 atom stereocenters. The fourth-order valence-electron chi connectivity index (χ4n) is 4.85. The molecule has 154 valence electrons. The van der Waals surface area contributed by atoms with Crippen molar-refractivity contribution in [1.29, 1.82) is 0 Å². The number of nitrogens with one attached hydrogen (secondary N) is 2. The van der Waals surface area contributed by atoms with Crippen molar-refractivity contribution in [2.45, 2.75) is 22.6 Å². The zero-order chi connectivity index (χ0) is 21.4. The molecule has 1 aliphatic carbocycles. The van der Waals surface area contributed by atoms with Crippen molar-refractivity contribution in [3.05, 3.63) is 77.9 Å². The maximum absolute atomic E-state index is 12.8. The van der Waals surface area contributed by atoms with Gasteiger partial charge in [-0.25, -0.2) is 13.6 Å². The van der Waals surface area contributed by atoms with Gasteiger partial charge in [-0.05, 0) is 41.8 Å². The molecule has 2 aliphatic rings. The number of sulfonamides is 1. The van der Waals surface area contributed by atoms with Gasteiger partial charge in [-0.3, -0.25) is 9.89 Å². The fourth-order valence-corrected chi connectivity index (χ4v) is 5.41. The highest BCUT2D eigenvalue weighted by atomic mass is 32.2. The summed E-state index contributed by atoms with van der Waals surface area (Å²) in [5.74, 6) is 0.168. The summed E-state index contributed by atoms with van der Waals surface area (Å²) in [6.45, 7) is 0. The van der Waals surface area contributed by atoms with E-state index in [2.05, 4.69) is 15.5 Å². The van der Waals surface area contributed by atoms with E-state index in [1.165, 1.54) is 12.1 Å². The molecule has 3 aromatic carbocycles. The molecule has 2 heterocycles.